The van der Waals surface area contributed by atoms with E-state index in [2.05, 4.69) is 5.32 Å². The summed E-state index contributed by atoms with van der Waals surface area (Å²) in [6, 6.07) is 9.63. The molecule has 0 bridgehead atoms. The van der Waals surface area contributed by atoms with Crippen molar-refractivity contribution in [3.05, 3.63) is 58.9 Å². The molecule has 0 saturated carbocycles. The molecule has 1 fully saturated rings. The molecule has 0 unspecified atom stereocenters. The molecule has 3 rings (SSSR count). The Morgan fingerprint density at radius 3 is 2.45 bits per heavy atom. The highest BCUT2D eigenvalue weighted by molar-refractivity contribution is 7.89. The quantitative estimate of drug-likeness (QED) is 0.721. The van der Waals surface area contributed by atoms with E-state index < -0.39 is 15.8 Å². The molecule has 1 amide bonds. The number of carbonyl (C=O) groups is 2. The first-order chi connectivity index (χ1) is 13.7. The summed E-state index contributed by atoms with van der Waals surface area (Å²) in [6.07, 6.45) is 0.687. The topological polar surface area (TPSA) is 83.6 Å². The summed E-state index contributed by atoms with van der Waals surface area (Å²) in [6.45, 7) is 1.74. The van der Waals surface area contributed by atoms with Crippen LogP contribution in [0.2, 0.25) is 5.02 Å². The van der Waals surface area contributed by atoms with Gasteiger partial charge in [-0.2, -0.15) is 4.31 Å². The van der Waals surface area contributed by atoms with Crippen molar-refractivity contribution < 1.29 is 22.4 Å². The minimum atomic E-state index is -3.75. The summed E-state index contributed by atoms with van der Waals surface area (Å²) in [5, 5.41) is 2.77. The lowest BCUT2D eigenvalue weighted by Crippen LogP contribution is -2.41. The van der Waals surface area contributed by atoms with Crippen LogP contribution in [-0.4, -0.2) is 37.5 Å². The highest BCUT2D eigenvalue weighted by atomic mass is 35.5. The number of benzene rings is 2. The molecule has 1 saturated heterocycles. The van der Waals surface area contributed by atoms with Gasteiger partial charge in [0.1, 0.15) is 5.82 Å². The van der Waals surface area contributed by atoms with Gasteiger partial charge in [-0.15, -0.1) is 0 Å². The molecule has 1 N–H and O–H groups in total. The average molecular weight is 439 g/mol. The number of ketones is 1. The van der Waals surface area contributed by atoms with E-state index in [-0.39, 0.29) is 40.6 Å². The highest BCUT2D eigenvalue weighted by Crippen LogP contribution is 2.27. The fraction of sp³-hybridized carbons (Fsp3) is 0.300. The van der Waals surface area contributed by atoms with Gasteiger partial charge >= 0.3 is 0 Å². The molecular weight excluding hydrogens is 419 g/mol. The number of nitrogens with one attached hydrogen (secondary N) is 1. The fourth-order valence-electron chi connectivity index (χ4n) is 3.21. The number of anilines is 1. The number of halogens is 2. The summed E-state index contributed by atoms with van der Waals surface area (Å²) < 4.78 is 40.2. The van der Waals surface area contributed by atoms with Gasteiger partial charge in [0.2, 0.25) is 15.9 Å². The van der Waals surface area contributed by atoms with Crippen molar-refractivity contribution in [2.24, 2.45) is 5.92 Å². The Morgan fingerprint density at radius 2 is 1.83 bits per heavy atom. The first-order valence-corrected chi connectivity index (χ1v) is 10.9. The molecule has 1 heterocycles. The zero-order valence-corrected chi connectivity index (χ0v) is 17.3. The first-order valence-electron chi connectivity index (χ1n) is 9.05. The number of amides is 1. The predicted molar refractivity (Wildman–Crippen MR) is 108 cm³/mol. The van der Waals surface area contributed by atoms with Gasteiger partial charge in [0, 0.05) is 24.6 Å². The third-order valence-electron chi connectivity index (χ3n) is 4.89. The molecule has 154 valence electrons. The molecule has 0 spiro atoms. The fourth-order valence-corrected chi connectivity index (χ4v) is 4.94. The molecule has 1 aliphatic heterocycles. The molecule has 6 nitrogen and oxygen atoms in total. The maximum Gasteiger partial charge on any atom is 0.243 e. The van der Waals surface area contributed by atoms with Gasteiger partial charge in [-0.25, -0.2) is 12.8 Å². The summed E-state index contributed by atoms with van der Waals surface area (Å²) in [5.41, 5.74) is 0.644. The van der Waals surface area contributed by atoms with Crippen molar-refractivity contribution in [3.63, 3.8) is 0 Å². The Balaban J connectivity index is 1.65. The molecule has 0 atom stereocenters. The third kappa shape index (κ3) is 4.83. The van der Waals surface area contributed by atoms with E-state index in [1.807, 2.05) is 0 Å². The Labute approximate surface area is 173 Å². The minimum Gasteiger partial charge on any atom is -0.325 e. The van der Waals surface area contributed by atoms with E-state index in [4.69, 9.17) is 11.6 Å². The smallest absolute Gasteiger partial charge is 0.243 e. The number of hydrogen-bond acceptors (Lipinski definition) is 4. The van der Waals surface area contributed by atoms with Crippen LogP contribution >= 0.6 is 11.6 Å². The Hall–Kier alpha value is -2.29. The number of Topliss-reactive ketones (excluding diaryl/α,β-unsaturated/α-hetero) is 1. The van der Waals surface area contributed by atoms with Crippen molar-refractivity contribution in [2.75, 3.05) is 18.4 Å². The number of carbonyl (C=O) groups excluding carboxylic acids is 2. The van der Waals surface area contributed by atoms with E-state index in [9.17, 15) is 22.4 Å². The summed E-state index contributed by atoms with van der Waals surface area (Å²) in [7, 11) is -3.75. The van der Waals surface area contributed by atoms with Gasteiger partial charge in [0.25, 0.3) is 0 Å². The lowest BCUT2D eigenvalue weighted by molar-refractivity contribution is -0.120. The molecule has 2 aromatic carbocycles. The van der Waals surface area contributed by atoms with Crippen molar-refractivity contribution in [1.29, 1.82) is 0 Å². The van der Waals surface area contributed by atoms with Crippen LogP contribution in [0.3, 0.4) is 0 Å². The van der Waals surface area contributed by atoms with E-state index in [0.29, 0.717) is 24.1 Å². The van der Waals surface area contributed by atoms with E-state index in [1.54, 1.807) is 6.07 Å². The molecule has 0 radical (unpaired) electrons. The van der Waals surface area contributed by atoms with Gasteiger partial charge in [0.15, 0.2) is 5.78 Å². The molecule has 1 aliphatic rings. The predicted octanol–water partition coefficient (Wildman–Crippen LogP) is 3.72. The van der Waals surface area contributed by atoms with Crippen LogP contribution in [0.4, 0.5) is 10.1 Å². The van der Waals surface area contributed by atoms with E-state index in [1.165, 1.54) is 41.6 Å². The van der Waals surface area contributed by atoms with Crippen molar-refractivity contribution in [2.45, 2.75) is 24.7 Å². The largest absolute Gasteiger partial charge is 0.325 e. The Kier molecular flexibility index (Phi) is 6.36. The second-order valence-electron chi connectivity index (χ2n) is 6.88. The van der Waals surface area contributed by atoms with Gasteiger partial charge in [-0.1, -0.05) is 23.7 Å². The number of rotatable bonds is 5. The van der Waals surface area contributed by atoms with Gasteiger partial charge in [-0.05, 0) is 50.1 Å². The van der Waals surface area contributed by atoms with E-state index in [0.717, 1.165) is 6.07 Å². The van der Waals surface area contributed by atoms with Crippen LogP contribution < -0.4 is 5.32 Å². The van der Waals surface area contributed by atoms with Crippen molar-refractivity contribution in [3.8, 4) is 0 Å². The van der Waals surface area contributed by atoms with Crippen LogP contribution in [-0.2, 0) is 14.8 Å². The molecule has 29 heavy (non-hydrogen) atoms. The maximum atomic E-state index is 13.1. The zero-order valence-electron chi connectivity index (χ0n) is 15.7. The molecule has 2 aromatic rings. The second-order valence-corrected chi connectivity index (χ2v) is 9.22. The third-order valence-corrected chi connectivity index (χ3v) is 7.10. The number of hydrogen-bond donors (Lipinski definition) is 1. The number of nitrogens with zero attached hydrogens (tertiary/aromatic N) is 1. The molecule has 0 aliphatic carbocycles. The monoisotopic (exact) mass is 438 g/mol. The molecule has 9 heteroatoms. The number of sulfonamides is 1. The SMILES string of the molecule is CC(=O)c1cccc(S(=O)(=O)N2CCC(C(=O)Nc3ccc(F)cc3Cl)CC2)c1. The first kappa shape index (κ1) is 21.4. The van der Waals surface area contributed by atoms with Crippen molar-refractivity contribution >= 4 is 39.0 Å². The van der Waals surface area contributed by atoms with Gasteiger partial charge in [0.05, 0.1) is 15.6 Å². The molecular formula is C20H20ClFN2O4S. The second kappa shape index (κ2) is 8.61. The summed E-state index contributed by atoms with van der Waals surface area (Å²) in [5.74, 6) is -1.38. The number of piperidine rings is 1. The van der Waals surface area contributed by atoms with Crippen LogP contribution in [0.25, 0.3) is 0 Å². The van der Waals surface area contributed by atoms with E-state index >= 15 is 0 Å². The maximum absolute atomic E-state index is 13.1. The van der Waals surface area contributed by atoms with Crippen LogP contribution in [0.15, 0.2) is 47.4 Å². The van der Waals surface area contributed by atoms with Crippen LogP contribution in [0.5, 0.6) is 0 Å². The van der Waals surface area contributed by atoms with Crippen LogP contribution in [0.1, 0.15) is 30.1 Å². The van der Waals surface area contributed by atoms with Crippen molar-refractivity contribution in [1.82, 2.24) is 4.31 Å². The molecule has 0 aromatic heterocycles. The standard InChI is InChI=1S/C20H20ClFN2O4S/c1-13(25)15-3-2-4-17(11-15)29(27,28)24-9-7-14(8-10-24)20(26)23-19-6-5-16(22)12-18(19)21/h2-6,11-12,14H,7-10H2,1H3,(H,23,26). The van der Waals surface area contributed by atoms with Gasteiger partial charge < -0.3 is 5.32 Å². The average Bonchev–Trinajstić information content (AvgIpc) is 2.70. The van der Waals surface area contributed by atoms with Gasteiger partial charge in [-0.3, -0.25) is 9.59 Å². The minimum absolute atomic E-state index is 0.0613. The Morgan fingerprint density at radius 1 is 1.14 bits per heavy atom. The summed E-state index contributed by atoms with van der Waals surface area (Å²) in [4.78, 5) is 24.1. The normalized spacial score (nSPS) is 15.8. The zero-order chi connectivity index (χ0) is 21.2. The van der Waals surface area contributed by atoms with Crippen LogP contribution in [0, 0.1) is 11.7 Å². The highest BCUT2D eigenvalue weighted by Gasteiger charge is 2.32. The lowest BCUT2D eigenvalue weighted by Gasteiger charge is -2.30. The lowest BCUT2D eigenvalue weighted by atomic mass is 9.97. The summed E-state index contributed by atoms with van der Waals surface area (Å²) >= 11 is 5.93. The Bertz CT molecular complexity index is 1050.